The van der Waals surface area contributed by atoms with E-state index >= 15 is 0 Å². The number of hydrogen-bond donors (Lipinski definition) is 0. The zero-order valence-electron chi connectivity index (χ0n) is 17.9. The van der Waals surface area contributed by atoms with Crippen LogP contribution in [0.15, 0.2) is 96.7 Å². The molecule has 0 atom stereocenters. The van der Waals surface area contributed by atoms with Crippen LogP contribution in [0.5, 0.6) is 0 Å². The molecule has 5 nitrogen and oxygen atoms in total. The number of carbonyl (C=O) groups excluding carboxylic acids is 2. The van der Waals surface area contributed by atoms with E-state index in [1.165, 1.54) is 0 Å². The summed E-state index contributed by atoms with van der Waals surface area (Å²) in [6.07, 6.45) is 3.34. The lowest BCUT2D eigenvalue weighted by Crippen LogP contribution is -2.24. The topological polar surface area (TPSA) is 53.5 Å². The van der Waals surface area contributed by atoms with Gasteiger partial charge < -0.3 is 4.90 Å². The first-order valence-corrected chi connectivity index (χ1v) is 10.7. The minimum atomic E-state index is -0.235. The summed E-state index contributed by atoms with van der Waals surface area (Å²) < 4.78 is 0. The second kappa shape index (κ2) is 7.28. The molecule has 4 aromatic rings. The summed E-state index contributed by atoms with van der Waals surface area (Å²) in [5.41, 5.74) is 6.06. The van der Waals surface area contributed by atoms with Crippen molar-refractivity contribution in [2.24, 2.45) is 0 Å². The number of fused-ring (bicyclic) bond motifs is 3. The minimum Gasteiger partial charge on any atom is -0.341 e. The van der Waals surface area contributed by atoms with Crippen LogP contribution in [0.1, 0.15) is 26.3 Å². The minimum absolute atomic E-state index is 0.182. The van der Waals surface area contributed by atoms with Gasteiger partial charge >= 0.3 is 0 Å². The molecular formula is C28H19N3O2. The van der Waals surface area contributed by atoms with Gasteiger partial charge in [-0.2, -0.15) is 0 Å². The van der Waals surface area contributed by atoms with Crippen molar-refractivity contribution < 1.29 is 9.59 Å². The quantitative estimate of drug-likeness (QED) is 0.285. The zero-order valence-corrected chi connectivity index (χ0v) is 17.9. The third-order valence-electron chi connectivity index (χ3n) is 6.18. The van der Waals surface area contributed by atoms with E-state index < -0.39 is 0 Å². The maximum Gasteiger partial charge on any atom is 0.197 e. The summed E-state index contributed by atoms with van der Waals surface area (Å²) >= 11 is 0. The van der Waals surface area contributed by atoms with Gasteiger partial charge in [-0.3, -0.25) is 14.5 Å². The number of ketones is 2. The number of pyridine rings is 1. The highest BCUT2D eigenvalue weighted by molar-refractivity contribution is 6.41. The van der Waals surface area contributed by atoms with Gasteiger partial charge in [-0.1, -0.05) is 48.5 Å². The molecule has 0 unspecified atom stereocenters. The lowest BCUT2D eigenvalue weighted by Gasteiger charge is -2.37. The molecule has 0 bridgehead atoms. The molecule has 0 N–H and O–H groups in total. The number of allylic oxidation sites excluding steroid dienone is 1. The van der Waals surface area contributed by atoms with Crippen LogP contribution in [0.3, 0.4) is 0 Å². The number of para-hydroxylation sites is 4. The van der Waals surface area contributed by atoms with E-state index in [0.29, 0.717) is 16.7 Å². The molecule has 1 aliphatic heterocycles. The van der Waals surface area contributed by atoms with Crippen LogP contribution in [0.25, 0.3) is 6.08 Å². The van der Waals surface area contributed by atoms with Crippen molar-refractivity contribution in [1.82, 2.24) is 4.98 Å². The summed E-state index contributed by atoms with van der Waals surface area (Å²) in [6.45, 7) is 0. The molecule has 2 heterocycles. The van der Waals surface area contributed by atoms with Crippen LogP contribution in [0.4, 0.5) is 28.6 Å². The lowest BCUT2D eigenvalue weighted by atomic mass is 10.1. The molecule has 1 aliphatic carbocycles. The van der Waals surface area contributed by atoms with Crippen LogP contribution >= 0.6 is 0 Å². The van der Waals surface area contributed by atoms with Crippen LogP contribution in [0.2, 0.25) is 0 Å². The van der Waals surface area contributed by atoms with Gasteiger partial charge in [0.15, 0.2) is 11.6 Å². The Bertz CT molecular complexity index is 1390. The predicted molar refractivity (Wildman–Crippen MR) is 130 cm³/mol. The fourth-order valence-corrected chi connectivity index (χ4v) is 4.57. The molecule has 0 amide bonds. The van der Waals surface area contributed by atoms with Crippen molar-refractivity contribution in [3.63, 3.8) is 0 Å². The first kappa shape index (κ1) is 19.2. The molecule has 0 saturated carbocycles. The van der Waals surface area contributed by atoms with Crippen molar-refractivity contribution >= 4 is 46.2 Å². The van der Waals surface area contributed by atoms with E-state index in [9.17, 15) is 9.59 Å². The molecule has 0 spiro atoms. The Kier molecular flexibility index (Phi) is 4.23. The first-order chi connectivity index (χ1) is 16.1. The van der Waals surface area contributed by atoms with Crippen molar-refractivity contribution in [3.8, 4) is 0 Å². The number of anilines is 5. The number of aromatic nitrogens is 1. The number of rotatable bonds is 2. The van der Waals surface area contributed by atoms with E-state index in [1.54, 1.807) is 36.5 Å². The second-order valence-corrected chi connectivity index (χ2v) is 8.08. The lowest BCUT2D eigenvalue weighted by molar-refractivity contribution is 0.0990. The molecule has 3 aromatic carbocycles. The van der Waals surface area contributed by atoms with Crippen molar-refractivity contribution in [3.05, 3.63) is 113 Å². The Morgan fingerprint density at radius 3 is 1.70 bits per heavy atom. The summed E-state index contributed by atoms with van der Waals surface area (Å²) in [6, 6.07) is 27.2. The Morgan fingerprint density at radius 1 is 0.667 bits per heavy atom. The van der Waals surface area contributed by atoms with Crippen molar-refractivity contribution in [2.75, 3.05) is 16.8 Å². The Balaban J connectivity index is 1.40. The Morgan fingerprint density at radius 2 is 1.18 bits per heavy atom. The average molecular weight is 429 g/mol. The average Bonchev–Trinajstić information content (AvgIpc) is 3.10. The van der Waals surface area contributed by atoms with E-state index in [2.05, 4.69) is 41.1 Å². The van der Waals surface area contributed by atoms with Crippen LogP contribution in [0, 0.1) is 0 Å². The second-order valence-electron chi connectivity index (χ2n) is 8.08. The molecule has 2 aliphatic rings. The fourth-order valence-electron chi connectivity index (χ4n) is 4.57. The third-order valence-corrected chi connectivity index (χ3v) is 6.18. The summed E-state index contributed by atoms with van der Waals surface area (Å²) in [4.78, 5) is 34.4. The highest BCUT2D eigenvalue weighted by atomic mass is 16.2. The smallest absolute Gasteiger partial charge is 0.197 e. The van der Waals surface area contributed by atoms with Gasteiger partial charge in [-0.05, 0) is 48.0 Å². The molecule has 5 heteroatoms. The van der Waals surface area contributed by atoms with Gasteiger partial charge in [0.25, 0.3) is 0 Å². The number of nitrogens with zero attached hydrogens (tertiary/aromatic N) is 3. The Labute approximate surface area is 191 Å². The number of benzene rings is 3. The van der Waals surface area contributed by atoms with Crippen LogP contribution in [-0.2, 0) is 0 Å². The molecule has 0 fully saturated rings. The Hall–Kier alpha value is -4.51. The third kappa shape index (κ3) is 2.90. The molecule has 1 aromatic heterocycles. The maximum absolute atomic E-state index is 12.7. The maximum atomic E-state index is 12.7. The summed E-state index contributed by atoms with van der Waals surface area (Å²) in [5.74, 6) is 0.292. The van der Waals surface area contributed by atoms with E-state index in [-0.39, 0.29) is 17.1 Å². The molecule has 0 saturated heterocycles. The normalized spacial score (nSPS) is 14.2. The highest BCUT2D eigenvalue weighted by Crippen LogP contribution is 2.49. The van der Waals surface area contributed by atoms with Gasteiger partial charge in [0.1, 0.15) is 5.82 Å². The molecular weight excluding hydrogens is 410 g/mol. The molecule has 0 radical (unpaired) electrons. The largest absolute Gasteiger partial charge is 0.341 e. The van der Waals surface area contributed by atoms with Gasteiger partial charge in [-0.15, -0.1) is 0 Å². The van der Waals surface area contributed by atoms with E-state index in [1.807, 2.05) is 36.4 Å². The van der Waals surface area contributed by atoms with Crippen molar-refractivity contribution in [1.29, 1.82) is 0 Å². The standard InChI is InChI=1S/C28H19N3O2/c1-30-22-10-4-6-12-24(22)31(25-13-7-5-11-23(25)30)26-15-14-18(17-29-26)16-21-27(32)19-8-2-3-9-20(19)28(21)33/h2-17H,1H3. The van der Waals surface area contributed by atoms with Gasteiger partial charge in [-0.25, -0.2) is 4.98 Å². The van der Waals surface area contributed by atoms with Gasteiger partial charge in [0.05, 0.1) is 28.3 Å². The van der Waals surface area contributed by atoms with Crippen LogP contribution in [-0.4, -0.2) is 23.6 Å². The molecule has 158 valence electrons. The number of hydrogen-bond acceptors (Lipinski definition) is 5. The van der Waals surface area contributed by atoms with E-state index in [0.717, 1.165) is 28.6 Å². The number of carbonyl (C=O) groups is 2. The zero-order chi connectivity index (χ0) is 22.5. The molecule has 33 heavy (non-hydrogen) atoms. The molecule has 6 rings (SSSR count). The first-order valence-electron chi connectivity index (χ1n) is 10.7. The fraction of sp³-hybridized carbons (Fsp3) is 0.0357. The number of Topliss-reactive ketones (excluding diaryl/α,β-unsaturated/α-hetero) is 2. The van der Waals surface area contributed by atoms with E-state index in [4.69, 9.17) is 4.98 Å². The summed E-state index contributed by atoms with van der Waals surface area (Å²) in [5, 5.41) is 0. The van der Waals surface area contributed by atoms with Gasteiger partial charge in [0.2, 0.25) is 0 Å². The SMILES string of the molecule is CN1c2ccccc2N(c2ccc(C=C3C(=O)c4ccccc4C3=O)cn2)c2ccccc21. The summed E-state index contributed by atoms with van der Waals surface area (Å²) in [7, 11) is 2.06. The monoisotopic (exact) mass is 429 g/mol. The van der Waals surface area contributed by atoms with Gasteiger partial charge in [0, 0.05) is 24.4 Å². The van der Waals surface area contributed by atoms with Crippen LogP contribution < -0.4 is 9.80 Å². The predicted octanol–water partition coefficient (Wildman–Crippen LogP) is 6.10. The highest BCUT2D eigenvalue weighted by Gasteiger charge is 2.32. The van der Waals surface area contributed by atoms with Crippen molar-refractivity contribution in [2.45, 2.75) is 0 Å².